The highest BCUT2D eigenvalue weighted by Crippen LogP contribution is 2.38. The van der Waals surface area contributed by atoms with Crippen molar-refractivity contribution in [1.82, 2.24) is 20.0 Å². The molecule has 1 spiro atoms. The fourth-order valence-corrected chi connectivity index (χ4v) is 4.35. The van der Waals surface area contributed by atoms with Crippen molar-refractivity contribution in [2.45, 2.75) is 64.1 Å². The van der Waals surface area contributed by atoms with Gasteiger partial charge in [0.2, 0.25) is 0 Å². The van der Waals surface area contributed by atoms with Crippen LogP contribution in [0.4, 0.5) is 0 Å². The van der Waals surface area contributed by atoms with Crippen LogP contribution in [0.2, 0.25) is 5.02 Å². The Kier molecular flexibility index (Phi) is 4.30. The second-order valence-corrected chi connectivity index (χ2v) is 7.16. The standard InChI is InChI=1S/C16H27ClN4/c1-4-13-15(17)14(20(3)19-13)10-21-9-12(2)18-11-16(21)7-5-6-8-16/h12,18H,4-11H2,1-3H3. The highest BCUT2D eigenvalue weighted by molar-refractivity contribution is 6.31. The van der Waals surface area contributed by atoms with Crippen LogP contribution in [0.3, 0.4) is 0 Å². The van der Waals surface area contributed by atoms with Crippen molar-refractivity contribution < 1.29 is 0 Å². The number of nitrogens with one attached hydrogen (secondary N) is 1. The number of aromatic nitrogens is 2. The Balaban J connectivity index is 1.86. The molecule has 4 nitrogen and oxygen atoms in total. The molecule has 2 aliphatic rings. The SMILES string of the molecule is CCc1nn(C)c(CN2CC(C)NCC23CCCC3)c1Cl. The van der Waals surface area contributed by atoms with Gasteiger partial charge in [0.25, 0.3) is 0 Å². The van der Waals surface area contributed by atoms with Gasteiger partial charge in [-0.1, -0.05) is 31.4 Å². The van der Waals surface area contributed by atoms with Crippen LogP contribution in [0.15, 0.2) is 0 Å². The van der Waals surface area contributed by atoms with E-state index in [4.69, 9.17) is 11.6 Å². The molecule has 1 saturated heterocycles. The van der Waals surface area contributed by atoms with Crippen molar-refractivity contribution in [3.63, 3.8) is 0 Å². The molecule has 118 valence electrons. The van der Waals surface area contributed by atoms with Gasteiger partial charge in [-0.05, 0) is 26.2 Å². The fraction of sp³-hybridized carbons (Fsp3) is 0.812. The average molecular weight is 311 g/mol. The zero-order chi connectivity index (χ0) is 15.0. The number of halogens is 1. The second-order valence-electron chi connectivity index (χ2n) is 6.78. The highest BCUT2D eigenvalue weighted by atomic mass is 35.5. The van der Waals surface area contributed by atoms with E-state index in [0.29, 0.717) is 11.6 Å². The van der Waals surface area contributed by atoms with Gasteiger partial charge in [0.15, 0.2) is 0 Å². The number of hydrogen-bond acceptors (Lipinski definition) is 3. The van der Waals surface area contributed by atoms with Crippen molar-refractivity contribution in [2.24, 2.45) is 7.05 Å². The van der Waals surface area contributed by atoms with Crippen LogP contribution >= 0.6 is 11.6 Å². The third kappa shape index (κ3) is 2.73. The molecule has 1 unspecified atom stereocenters. The second kappa shape index (κ2) is 5.90. The lowest BCUT2D eigenvalue weighted by Gasteiger charge is -2.47. The summed E-state index contributed by atoms with van der Waals surface area (Å²) in [5, 5.41) is 9.12. The largest absolute Gasteiger partial charge is 0.311 e. The molecule has 1 atom stereocenters. The predicted octanol–water partition coefficient (Wildman–Crippen LogP) is 2.74. The number of piperazine rings is 1. The molecule has 0 radical (unpaired) electrons. The summed E-state index contributed by atoms with van der Waals surface area (Å²) in [6, 6.07) is 0.550. The van der Waals surface area contributed by atoms with Crippen molar-refractivity contribution in [2.75, 3.05) is 13.1 Å². The molecule has 1 aliphatic heterocycles. The maximum atomic E-state index is 6.55. The minimum Gasteiger partial charge on any atom is -0.311 e. The summed E-state index contributed by atoms with van der Waals surface area (Å²) in [6.07, 6.45) is 6.22. The van der Waals surface area contributed by atoms with Crippen LogP contribution < -0.4 is 5.32 Å². The number of rotatable bonds is 3. The van der Waals surface area contributed by atoms with Crippen molar-refractivity contribution >= 4 is 11.6 Å². The molecular formula is C16H27ClN4. The lowest BCUT2D eigenvalue weighted by Crippen LogP contribution is -2.62. The number of nitrogens with zero attached hydrogens (tertiary/aromatic N) is 3. The van der Waals surface area contributed by atoms with E-state index in [1.165, 1.54) is 31.4 Å². The lowest BCUT2D eigenvalue weighted by molar-refractivity contribution is 0.0373. The molecule has 1 saturated carbocycles. The van der Waals surface area contributed by atoms with Crippen LogP contribution in [0.5, 0.6) is 0 Å². The number of aryl methyl sites for hydroxylation is 2. The third-order valence-corrected chi connectivity index (χ3v) is 5.76. The molecular weight excluding hydrogens is 284 g/mol. The Morgan fingerprint density at radius 3 is 2.71 bits per heavy atom. The first kappa shape index (κ1) is 15.3. The van der Waals surface area contributed by atoms with E-state index >= 15 is 0 Å². The Bertz CT molecular complexity index is 505. The van der Waals surface area contributed by atoms with E-state index in [-0.39, 0.29) is 0 Å². The first-order valence-corrected chi connectivity index (χ1v) is 8.62. The van der Waals surface area contributed by atoms with Gasteiger partial charge in [-0.15, -0.1) is 0 Å². The molecule has 1 aromatic heterocycles. The topological polar surface area (TPSA) is 33.1 Å². The number of hydrogen-bond donors (Lipinski definition) is 1. The Hall–Kier alpha value is -0.580. The van der Waals surface area contributed by atoms with E-state index in [9.17, 15) is 0 Å². The van der Waals surface area contributed by atoms with Gasteiger partial charge in [-0.25, -0.2) is 0 Å². The minimum absolute atomic E-state index is 0.340. The Morgan fingerprint density at radius 2 is 2.10 bits per heavy atom. The summed E-state index contributed by atoms with van der Waals surface area (Å²) < 4.78 is 1.98. The van der Waals surface area contributed by atoms with E-state index in [1.54, 1.807) is 0 Å². The van der Waals surface area contributed by atoms with Gasteiger partial charge in [0.05, 0.1) is 16.4 Å². The van der Waals surface area contributed by atoms with Gasteiger partial charge < -0.3 is 5.32 Å². The van der Waals surface area contributed by atoms with E-state index in [1.807, 2.05) is 11.7 Å². The molecule has 1 aromatic rings. The van der Waals surface area contributed by atoms with Crippen LogP contribution in [-0.2, 0) is 20.0 Å². The minimum atomic E-state index is 0.340. The highest BCUT2D eigenvalue weighted by Gasteiger charge is 2.43. The van der Waals surface area contributed by atoms with Crippen LogP contribution in [-0.4, -0.2) is 39.4 Å². The van der Waals surface area contributed by atoms with Crippen molar-refractivity contribution in [3.8, 4) is 0 Å². The Labute approximate surface area is 132 Å². The van der Waals surface area contributed by atoms with Gasteiger partial charge in [-0.2, -0.15) is 5.10 Å². The van der Waals surface area contributed by atoms with Gasteiger partial charge >= 0.3 is 0 Å². The van der Waals surface area contributed by atoms with E-state index in [0.717, 1.165) is 36.8 Å². The Morgan fingerprint density at radius 1 is 1.38 bits per heavy atom. The van der Waals surface area contributed by atoms with Crippen LogP contribution in [0.1, 0.15) is 50.9 Å². The van der Waals surface area contributed by atoms with Crippen molar-refractivity contribution in [1.29, 1.82) is 0 Å². The molecule has 3 rings (SSSR count). The molecule has 2 heterocycles. The zero-order valence-corrected chi connectivity index (χ0v) is 14.2. The van der Waals surface area contributed by atoms with Gasteiger partial charge in [-0.3, -0.25) is 9.58 Å². The smallest absolute Gasteiger partial charge is 0.0863 e. The molecule has 0 bridgehead atoms. The summed E-state index contributed by atoms with van der Waals surface area (Å²) in [5.74, 6) is 0. The van der Waals surface area contributed by atoms with Crippen LogP contribution in [0, 0.1) is 0 Å². The molecule has 1 N–H and O–H groups in total. The summed E-state index contributed by atoms with van der Waals surface area (Å²) in [6.45, 7) is 7.53. The molecule has 0 amide bonds. The normalized spacial score (nSPS) is 25.8. The van der Waals surface area contributed by atoms with Crippen LogP contribution in [0.25, 0.3) is 0 Å². The maximum Gasteiger partial charge on any atom is 0.0863 e. The fourth-order valence-electron chi connectivity index (χ4n) is 4.00. The molecule has 1 aliphatic carbocycles. The predicted molar refractivity (Wildman–Crippen MR) is 86.7 cm³/mol. The maximum absolute atomic E-state index is 6.55. The summed E-state index contributed by atoms with van der Waals surface area (Å²) in [4.78, 5) is 2.67. The third-order valence-electron chi connectivity index (χ3n) is 5.32. The zero-order valence-electron chi connectivity index (χ0n) is 13.5. The summed E-state index contributed by atoms with van der Waals surface area (Å²) in [5.41, 5.74) is 2.54. The van der Waals surface area contributed by atoms with E-state index in [2.05, 4.69) is 29.2 Å². The molecule has 5 heteroatoms. The van der Waals surface area contributed by atoms with Gasteiger partial charge in [0.1, 0.15) is 0 Å². The summed E-state index contributed by atoms with van der Waals surface area (Å²) in [7, 11) is 2.02. The average Bonchev–Trinajstić information content (AvgIpc) is 3.03. The van der Waals surface area contributed by atoms with Crippen molar-refractivity contribution in [3.05, 3.63) is 16.4 Å². The van der Waals surface area contributed by atoms with Gasteiger partial charge in [0, 0.05) is 38.3 Å². The first-order valence-electron chi connectivity index (χ1n) is 8.24. The van der Waals surface area contributed by atoms with E-state index < -0.39 is 0 Å². The summed E-state index contributed by atoms with van der Waals surface area (Å²) >= 11 is 6.55. The monoisotopic (exact) mass is 310 g/mol. The molecule has 21 heavy (non-hydrogen) atoms. The quantitative estimate of drug-likeness (QED) is 0.932. The first-order chi connectivity index (χ1) is 10.1. The molecule has 2 fully saturated rings. The molecule has 0 aromatic carbocycles. The lowest BCUT2D eigenvalue weighted by atomic mass is 9.91.